The lowest BCUT2D eigenvalue weighted by molar-refractivity contribution is 0.165. The fourth-order valence-corrected chi connectivity index (χ4v) is 5.33. The standard InChI is InChI=1S/C20H29N3/c1-14-6-5-7-16-15(2)17-19(23(4)18(14)16)22(3)13-10-20(17)8-11-21-12-9-20/h5-7,15,21H,8-13H2,1-4H3. The number of nitrogens with zero attached hydrogens (tertiary/aromatic N) is 2. The molecule has 1 saturated heterocycles. The Morgan fingerprint density at radius 2 is 1.87 bits per heavy atom. The van der Waals surface area contributed by atoms with Crippen LogP contribution in [0.4, 0.5) is 5.69 Å². The summed E-state index contributed by atoms with van der Waals surface area (Å²) in [6.45, 7) is 8.19. The van der Waals surface area contributed by atoms with Crippen LogP contribution in [0.5, 0.6) is 0 Å². The number of hydrogen-bond acceptors (Lipinski definition) is 3. The number of piperidine rings is 1. The van der Waals surface area contributed by atoms with E-state index < -0.39 is 0 Å². The van der Waals surface area contributed by atoms with Gasteiger partial charge in [0.05, 0.1) is 0 Å². The second-order valence-electron chi connectivity index (χ2n) is 7.73. The van der Waals surface area contributed by atoms with Crippen molar-refractivity contribution in [2.75, 3.05) is 38.6 Å². The minimum atomic E-state index is 0.405. The summed E-state index contributed by atoms with van der Waals surface area (Å²) in [5.41, 5.74) is 6.44. The van der Waals surface area contributed by atoms with E-state index in [1.54, 1.807) is 5.57 Å². The van der Waals surface area contributed by atoms with Gasteiger partial charge < -0.3 is 15.1 Å². The molecule has 1 fully saturated rings. The Morgan fingerprint density at radius 1 is 1.13 bits per heavy atom. The van der Waals surface area contributed by atoms with Gasteiger partial charge >= 0.3 is 0 Å². The smallest absolute Gasteiger partial charge is 0.108 e. The molecule has 3 heterocycles. The fraction of sp³-hybridized carbons (Fsp3) is 0.600. The zero-order valence-electron chi connectivity index (χ0n) is 14.9. The SMILES string of the molecule is Cc1cccc2c1N(C)C1=C(C2C)C2(CCNCC2)CCN1C. The van der Waals surface area contributed by atoms with Crippen LogP contribution in [-0.2, 0) is 0 Å². The van der Waals surface area contributed by atoms with Gasteiger partial charge in [0.15, 0.2) is 0 Å². The van der Waals surface area contributed by atoms with Crippen LogP contribution in [0.15, 0.2) is 29.6 Å². The molecular formula is C20H29N3. The first-order valence-corrected chi connectivity index (χ1v) is 9.05. The molecule has 1 aromatic carbocycles. The van der Waals surface area contributed by atoms with E-state index in [1.807, 2.05) is 0 Å². The van der Waals surface area contributed by atoms with Gasteiger partial charge in [0.1, 0.15) is 5.82 Å². The number of fused-ring (bicyclic) bond motifs is 2. The lowest BCUT2D eigenvalue weighted by Gasteiger charge is -2.53. The molecule has 124 valence electrons. The van der Waals surface area contributed by atoms with E-state index in [0.717, 1.165) is 13.1 Å². The lowest BCUT2D eigenvalue weighted by Crippen LogP contribution is -2.50. The van der Waals surface area contributed by atoms with Crippen LogP contribution in [-0.4, -0.2) is 38.6 Å². The van der Waals surface area contributed by atoms with E-state index in [2.05, 4.69) is 61.3 Å². The van der Waals surface area contributed by atoms with E-state index in [4.69, 9.17) is 0 Å². The highest BCUT2D eigenvalue weighted by atomic mass is 15.3. The molecular weight excluding hydrogens is 282 g/mol. The molecule has 4 rings (SSSR count). The lowest BCUT2D eigenvalue weighted by atomic mass is 9.63. The number of allylic oxidation sites excluding steroid dienone is 1. The average Bonchev–Trinajstić information content (AvgIpc) is 2.55. The van der Waals surface area contributed by atoms with Crippen molar-refractivity contribution in [2.45, 2.75) is 39.0 Å². The summed E-state index contributed by atoms with van der Waals surface area (Å²) in [5, 5.41) is 3.57. The third-order valence-electron chi connectivity index (χ3n) is 6.48. The van der Waals surface area contributed by atoms with E-state index in [-0.39, 0.29) is 0 Å². The minimum absolute atomic E-state index is 0.405. The quantitative estimate of drug-likeness (QED) is 0.791. The molecule has 0 bridgehead atoms. The molecule has 1 unspecified atom stereocenters. The van der Waals surface area contributed by atoms with Crippen molar-refractivity contribution in [1.82, 2.24) is 10.2 Å². The van der Waals surface area contributed by atoms with Gasteiger partial charge in [-0.1, -0.05) is 25.1 Å². The number of nitrogens with one attached hydrogen (secondary N) is 1. The molecule has 1 atom stereocenters. The molecule has 0 saturated carbocycles. The van der Waals surface area contributed by atoms with Crippen LogP contribution in [0.1, 0.15) is 43.2 Å². The maximum atomic E-state index is 3.57. The molecule has 3 aliphatic rings. The first kappa shape index (κ1) is 15.1. The van der Waals surface area contributed by atoms with Gasteiger partial charge in [-0.3, -0.25) is 0 Å². The monoisotopic (exact) mass is 311 g/mol. The molecule has 0 aromatic heterocycles. The highest BCUT2D eigenvalue weighted by Crippen LogP contribution is 2.55. The summed E-state index contributed by atoms with van der Waals surface area (Å²) in [5.74, 6) is 2.00. The van der Waals surface area contributed by atoms with Gasteiger partial charge in [0.25, 0.3) is 0 Å². The van der Waals surface area contributed by atoms with Crippen LogP contribution in [0.2, 0.25) is 0 Å². The van der Waals surface area contributed by atoms with E-state index in [1.165, 1.54) is 48.4 Å². The molecule has 3 aliphatic heterocycles. The molecule has 0 amide bonds. The van der Waals surface area contributed by atoms with Crippen LogP contribution >= 0.6 is 0 Å². The summed E-state index contributed by atoms with van der Waals surface area (Å²) in [6, 6.07) is 6.82. The van der Waals surface area contributed by atoms with Crippen molar-refractivity contribution in [3.8, 4) is 0 Å². The highest BCUT2D eigenvalue weighted by Gasteiger charge is 2.46. The van der Waals surface area contributed by atoms with Crippen LogP contribution in [0.3, 0.4) is 0 Å². The predicted octanol–water partition coefficient (Wildman–Crippen LogP) is 3.47. The first-order valence-electron chi connectivity index (χ1n) is 9.05. The third-order valence-corrected chi connectivity index (χ3v) is 6.48. The molecule has 0 aliphatic carbocycles. The van der Waals surface area contributed by atoms with E-state index >= 15 is 0 Å². The van der Waals surface area contributed by atoms with Crippen molar-refractivity contribution < 1.29 is 0 Å². The van der Waals surface area contributed by atoms with E-state index in [9.17, 15) is 0 Å². The maximum absolute atomic E-state index is 3.57. The topological polar surface area (TPSA) is 18.5 Å². The number of para-hydroxylation sites is 1. The maximum Gasteiger partial charge on any atom is 0.108 e. The van der Waals surface area contributed by atoms with Crippen molar-refractivity contribution >= 4 is 5.69 Å². The Labute approximate surface area is 140 Å². The second-order valence-corrected chi connectivity index (χ2v) is 7.73. The summed E-state index contributed by atoms with van der Waals surface area (Å²) < 4.78 is 0. The van der Waals surface area contributed by atoms with Crippen LogP contribution in [0, 0.1) is 12.3 Å². The second kappa shape index (κ2) is 5.27. The molecule has 1 N–H and O–H groups in total. The van der Waals surface area contributed by atoms with Gasteiger partial charge in [-0.2, -0.15) is 0 Å². The Balaban J connectivity index is 1.92. The molecule has 1 aromatic rings. The van der Waals surface area contributed by atoms with Gasteiger partial charge in [-0.25, -0.2) is 0 Å². The number of hydrogen-bond donors (Lipinski definition) is 1. The Kier molecular flexibility index (Phi) is 3.45. The summed E-state index contributed by atoms with van der Waals surface area (Å²) in [7, 11) is 4.54. The van der Waals surface area contributed by atoms with Crippen molar-refractivity contribution in [2.24, 2.45) is 5.41 Å². The highest BCUT2D eigenvalue weighted by molar-refractivity contribution is 5.69. The number of anilines is 1. The number of benzene rings is 1. The number of rotatable bonds is 0. The third kappa shape index (κ3) is 2.06. The van der Waals surface area contributed by atoms with E-state index in [0.29, 0.717) is 11.3 Å². The number of aryl methyl sites for hydroxylation is 1. The first-order chi connectivity index (χ1) is 11.1. The molecule has 1 spiro atoms. The largest absolute Gasteiger partial charge is 0.361 e. The normalized spacial score (nSPS) is 26.3. The zero-order valence-corrected chi connectivity index (χ0v) is 14.9. The van der Waals surface area contributed by atoms with Crippen molar-refractivity contribution in [3.63, 3.8) is 0 Å². The minimum Gasteiger partial charge on any atom is -0.361 e. The molecule has 3 nitrogen and oxygen atoms in total. The summed E-state index contributed by atoms with van der Waals surface area (Å²) in [4.78, 5) is 4.97. The Hall–Kier alpha value is -1.48. The molecule has 23 heavy (non-hydrogen) atoms. The van der Waals surface area contributed by atoms with Crippen molar-refractivity contribution in [3.05, 3.63) is 40.7 Å². The zero-order chi connectivity index (χ0) is 16.2. The molecule has 3 heteroatoms. The summed E-state index contributed by atoms with van der Waals surface area (Å²) >= 11 is 0. The Bertz CT molecular complexity index is 655. The average molecular weight is 311 g/mol. The fourth-order valence-electron chi connectivity index (χ4n) is 5.33. The van der Waals surface area contributed by atoms with Gasteiger partial charge in [0, 0.05) is 32.2 Å². The Morgan fingerprint density at radius 3 is 2.61 bits per heavy atom. The van der Waals surface area contributed by atoms with Crippen LogP contribution < -0.4 is 10.2 Å². The summed E-state index contributed by atoms with van der Waals surface area (Å²) in [6.07, 6.45) is 3.89. The van der Waals surface area contributed by atoms with Crippen molar-refractivity contribution in [1.29, 1.82) is 0 Å². The van der Waals surface area contributed by atoms with Gasteiger partial charge in [0.2, 0.25) is 0 Å². The predicted molar refractivity (Wildman–Crippen MR) is 96.8 cm³/mol. The molecule has 0 radical (unpaired) electrons. The van der Waals surface area contributed by atoms with Gasteiger partial charge in [-0.05, 0) is 61.4 Å². The van der Waals surface area contributed by atoms with Gasteiger partial charge in [-0.15, -0.1) is 0 Å². The van der Waals surface area contributed by atoms with Crippen LogP contribution in [0.25, 0.3) is 0 Å².